The average molecular weight is 338 g/mol. The molecule has 0 saturated carbocycles. The van der Waals surface area contributed by atoms with Crippen LogP contribution in [-0.2, 0) is 13.0 Å². The molecule has 4 rings (SSSR count). The fourth-order valence-electron chi connectivity index (χ4n) is 3.37. The summed E-state index contributed by atoms with van der Waals surface area (Å²) in [5.74, 6) is 0. The Bertz CT molecular complexity index is 922. The number of fused-ring (bicyclic) bond motifs is 1. The van der Waals surface area contributed by atoms with Gasteiger partial charge in [0.05, 0.1) is 16.9 Å². The third kappa shape index (κ3) is 3.15. The molecule has 0 radical (unpaired) electrons. The highest BCUT2D eigenvalue weighted by Crippen LogP contribution is 2.21. The number of aryl methyl sites for hydroxylation is 2. The lowest BCUT2D eigenvalue weighted by atomic mass is 10.2. The second-order valence-corrected chi connectivity index (χ2v) is 6.47. The molecule has 7 heteroatoms. The molecule has 0 unspecified atom stereocenters. The van der Waals surface area contributed by atoms with Gasteiger partial charge in [-0.05, 0) is 31.3 Å². The van der Waals surface area contributed by atoms with Gasteiger partial charge in [0.1, 0.15) is 0 Å². The quantitative estimate of drug-likeness (QED) is 0.772. The molecule has 0 spiro atoms. The summed E-state index contributed by atoms with van der Waals surface area (Å²) in [4.78, 5) is 28.7. The van der Waals surface area contributed by atoms with E-state index >= 15 is 0 Å². The minimum absolute atomic E-state index is 0.120. The highest BCUT2D eigenvalue weighted by atomic mass is 16.1. The molecule has 0 aromatic carbocycles. The number of nitrogens with one attached hydrogen (secondary N) is 1. The molecule has 0 atom stereocenters. The van der Waals surface area contributed by atoms with Crippen LogP contribution in [0, 0.1) is 0 Å². The number of rotatable bonds is 4. The number of aromatic nitrogens is 4. The molecule has 0 bridgehead atoms. The predicted molar refractivity (Wildman–Crippen MR) is 98.0 cm³/mol. The molecule has 1 N–H and O–H groups in total. The number of H-pyrrole nitrogens is 1. The highest BCUT2D eigenvalue weighted by molar-refractivity contribution is 5.70. The monoisotopic (exact) mass is 338 g/mol. The summed E-state index contributed by atoms with van der Waals surface area (Å²) in [6.07, 6.45) is 4.24. The molecule has 1 saturated heterocycles. The van der Waals surface area contributed by atoms with Gasteiger partial charge in [-0.15, -0.1) is 0 Å². The van der Waals surface area contributed by atoms with Gasteiger partial charge in [-0.2, -0.15) is 0 Å². The molecule has 7 nitrogen and oxygen atoms in total. The molecule has 3 aromatic heterocycles. The Balaban J connectivity index is 1.57. The van der Waals surface area contributed by atoms with Crippen LogP contribution in [0.5, 0.6) is 0 Å². The molecule has 1 fully saturated rings. The summed E-state index contributed by atoms with van der Waals surface area (Å²) in [7, 11) is 2.15. The number of aromatic amines is 1. The van der Waals surface area contributed by atoms with Crippen LogP contribution in [0.2, 0.25) is 0 Å². The molecule has 1 aliphatic rings. The van der Waals surface area contributed by atoms with Gasteiger partial charge < -0.3 is 14.8 Å². The first kappa shape index (κ1) is 15.8. The van der Waals surface area contributed by atoms with E-state index in [2.05, 4.69) is 37.9 Å². The maximum absolute atomic E-state index is 12.2. The van der Waals surface area contributed by atoms with Gasteiger partial charge in [0, 0.05) is 51.5 Å². The van der Waals surface area contributed by atoms with Crippen LogP contribution >= 0.6 is 0 Å². The summed E-state index contributed by atoms with van der Waals surface area (Å²) in [6.45, 7) is 4.68. The van der Waals surface area contributed by atoms with E-state index in [0.717, 1.165) is 37.4 Å². The number of likely N-dealkylation sites (N-methyl/N-ethyl adjacent to an activating group) is 1. The van der Waals surface area contributed by atoms with Crippen molar-refractivity contribution in [1.82, 2.24) is 24.4 Å². The van der Waals surface area contributed by atoms with E-state index in [0.29, 0.717) is 18.6 Å². The number of hydrogen-bond donors (Lipinski definition) is 1. The number of piperazine rings is 1. The van der Waals surface area contributed by atoms with Crippen molar-refractivity contribution in [3.05, 3.63) is 52.8 Å². The summed E-state index contributed by atoms with van der Waals surface area (Å²) >= 11 is 0. The lowest BCUT2D eigenvalue weighted by Gasteiger charge is -2.34. The van der Waals surface area contributed by atoms with Crippen LogP contribution in [0.25, 0.3) is 11.2 Å². The Labute approximate surface area is 145 Å². The Morgan fingerprint density at radius 1 is 1.08 bits per heavy atom. The van der Waals surface area contributed by atoms with Gasteiger partial charge in [0.2, 0.25) is 0 Å². The zero-order valence-corrected chi connectivity index (χ0v) is 14.4. The average Bonchev–Trinajstić information content (AvgIpc) is 2.96. The second kappa shape index (κ2) is 6.68. The van der Waals surface area contributed by atoms with Crippen molar-refractivity contribution in [1.29, 1.82) is 0 Å². The van der Waals surface area contributed by atoms with Crippen molar-refractivity contribution in [2.45, 2.75) is 13.0 Å². The lowest BCUT2D eigenvalue weighted by molar-refractivity contribution is 0.312. The lowest BCUT2D eigenvalue weighted by Crippen LogP contribution is -2.44. The third-order valence-corrected chi connectivity index (χ3v) is 4.81. The van der Waals surface area contributed by atoms with E-state index in [-0.39, 0.29) is 5.69 Å². The summed E-state index contributed by atoms with van der Waals surface area (Å²) < 4.78 is 1.69. The van der Waals surface area contributed by atoms with Gasteiger partial charge in [0.15, 0.2) is 5.65 Å². The SMILES string of the molecule is CN1CCN(c2cccnc2CCn2c(=O)[nH]c3cccnc32)CC1. The Morgan fingerprint density at radius 3 is 2.68 bits per heavy atom. The fraction of sp³-hybridized carbons (Fsp3) is 0.389. The number of anilines is 1. The van der Waals surface area contributed by atoms with E-state index in [9.17, 15) is 4.79 Å². The molecule has 0 amide bonds. The predicted octanol–water partition coefficient (Wildman–Crippen LogP) is 1.11. The van der Waals surface area contributed by atoms with E-state index in [4.69, 9.17) is 0 Å². The topological polar surface area (TPSA) is 70.1 Å². The number of imidazole rings is 1. The number of pyridine rings is 2. The molecule has 25 heavy (non-hydrogen) atoms. The summed E-state index contributed by atoms with van der Waals surface area (Å²) in [5, 5.41) is 0. The first-order chi connectivity index (χ1) is 12.2. The van der Waals surface area contributed by atoms with Crippen LogP contribution in [0.15, 0.2) is 41.5 Å². The van der Waals surface area contributed by atoms with Gasteiger partial charge in [-0.1, -0.05) is 0 Å². The fourth-order valence-corrected chi connectivity index (χ4v) is 3.37. The van der Waals surface area contributed by atoms with Crippen molar-refractivity contribution >= 4 is 16.9 Å². The van der Waals surface area contributed by atoms with Crippen LogP contribution in [0.1, 0.15) is 5.69 Å². The normalized spacial score (nSPS) is 15.8. The molecular formula is C18H22N6O. The molecule has 130 valence electrons. The van der Waals surface area contributed by atoms with Crippen molar-refractivity contribution in [2.75, 3.05) is 38.1 Å². The molecular weight excluding hydrogens is 316 g/mol. The van der Waals surface area contributed by atoms with Crippen molar-refractivity contribution in [3.8, 4) is 0 Å². The minimum atomic E-state index is -0.120. The molecule has 3 aromatic rings. The Kier molecular flexibility index (Phi) is 4.23. The maximum atomic E-state index is 12.2. The molecule has 0 aliphatic carbocycles. The first-order valence-electron chi connectivity index (χ1n) is 8.63. The van der Waals surface area contributed by atoms with Crippen molar-refractivity contribution in [3.63, 3.8) is 0 Å². The van der Waals surface area contributed by atoms with E-state index in [1.54, 1.807) is 10.8 Å². The van der Waals surface area contributed by atoms with Crippen molar-refractivity contribution < 1.29 is 0 Å². The van der Waals surface area contributed by atoms with Gasteiger partial charge in [0.25, 0.3) is 0 Å². The number of hydrogen-bond acceptors (Lipinski definition) is 5. The Morgan fingerprint density at radius 2 is 1.84 bits per heavy atom. The molecule has 4 heterocycles. The van der Waals surface area contributed by atoms with Gasteiger partial charge >= 0.3 is 5.69 Å². The van der Waals surface area contributed by atoms with Gasteiger partial charge in [-0.3, -0.25) is 9.55 Å². The van der Waals surface area contributed by atoms with E-state index in [1.807, 2.05) is 24.4 Å². The second-order valence-electron chi connectivity index (χ2n) is 6.47. The largest absolute Gasteiger partial charge is 0.367 e. The highest BCUT2D eigenvalue weighted by Gasteiger charge is 2.18. The smallest absolute Gasteiger partial charge is 0.327 e. The molecule has 1 aliphatic heterocycles. The zero-order valence-electron chi connectivity index (χ0n) is 14.4. The standard InChI is InChI=1S/C18H22N6O/c1-22-10-12-23(13-11-22)16-5-3-7-19-14(16)6-9-24-17-15(21-18(24)25)4-2-8-20-17/h2-5,7-8H,6,9-13H2,1H3,(H,21,25). The maximum Gasteiger partial charge on any atom is 0.327 e. The minimum Gasteiger partial charge on any atom is -0.367 e. The van der Waals surface area contributed by atoms with Crippen LogP contribution in [0.4, 0.5) is 5.69 Å². The van der Waals surface area contributed by atoms with Crippen LogP contribution < -0.4 is 10.6 Å². The summed E-state index contributed by atoms with van der Waals surface area (Å²) in [5.41, 5.74) is 3.56. The number of nitrogens with zero attached hydrogens (tertiary/aromatic N) is 5. The zero-order chi connectivity index (χ0) is 17.2. The van der Waals surface area contributed by atoms with Gasteiger partial charge in [-0.25, -0.2) is 9.78 Å². The third-order valence-electron chi connectivity index (χ3n) is 4.81. The summed E-state index contributed by atoms with van der Waals surface area (Å²) in [6, 6.07) is 7.81. The van der Waals surface area contributed by atoms with Crippen LogP contribution in [0.3, 0.4) is 0 Å². The van der Waals surface area contributed by atoms with Crippen molar-refractivity contribution in [2.24, 2.45) is 0 Å². The van der Waals surface area contributed by atoms with Crippen LogP contribution in [-0.4, -0.2) is 57.6 Å². The van der Waals surface area contributed by atoms with E-state index < -0.39 is 0 Å². The Hall–Kier alpha value is -2.67. The first-order valence-corrected chi connectivity index (χ1v) is 8.63. The van der Waals surface area contributed by atoms with E-state index in [1.165, 1.54) is 5.69 Å².